The van der Waals surface area contributed by atoms with E-state index in [4.69, 9.17) is 22.5 Å². The van der Waals surface area contributed by atoms with Crippen LogP contribution in [0.4, 0.5) is 11.4 Å². The van der Waals surface area contributed by atoms with Gasteiger partial charge in [-0.25, -0.2) is 18.5 Å². The fraction of sp³-hybridized carbons (Fsp3) is 0.400. The third-order valence-corrected chi connectivity index (χ3v) is 4.12. The fourth-order valence-corrected chi connectivity index (χ4v) is 3.16. The number of hydrogen-bond acceptors (Lipinski definition) is 5. The van der Waals surface area contributed by atoms with Gasteiger partial charge < -0.3 is 10.6 Å². The van der Waals surface area contributed by atoms with Crippen molar-refractivity contribution in [3.05, 3.63) is 17.4 Å². The molecule has 1 unspecified atom stereocenters. The van der Waals surface area contributed by atoms with E-state index in [9.17, 15) is 13.2 Å². The Hall–Kier alpha value is -1.38. The highest BCUT2D eigenvalue weighted by atomic mass is 35.5. The monoisotopic (exact) mass is 304 g/mol. The second kappa shape index (κ2) is 4.95. The summed E-state index contributed by atoms with van der Waals surface area (Å²) in [5.74, 6) is -0.773. The summed E-state index contributed by atoms with van der Waals surface area (Å²) in [5, 5.41) is 5.10. The van der Waals surface area contributed by atoms with Crippen LogP contribution in [0.2, 0.25) is 5.15 Å². The Labute approximate surface area is 115 Å². The van der Waals surface area contributed by atoms with Gasteiger partial charge in [0, 0.05) is 25.1 Å². The molecule has 1 aliphatic heterocycles. The van der Waals surface area contributed by atoms with Crippen LogP contribution in [-0.2, 0) is 14.8 Å². The average Bonchev–Trinajstić information content (AvgIpc) is 2.61. The molecule has 104 valence electrons. The van der Waals surface area contributed by atoms with Crippen LogP contribution in [0.3, 0.4) is 0 Å². The van der Waals surface area contributed by atoms with Crippen LogP contribution in [0, 0.1) is 5.92 Å². The standard InChI is InChI=1S/C10H13ClN4O3S/c11-10-9(12)7(1-2-14-10)15-4-6(3-8(15)16)5-19(13,17)18/h1-2,6H,3-5,12H2,(H2,13,17,18). The largest absolute Gasteiger partial charge is 0.395 e. The van der Waals surface area contributed by atoms with Crippen molar-refractivity contribution in [3.8, 4) is 0 Å². The molecule has 2 rings (SSSR count). The summed E-state index contributed by atoms with van der Waals surface area (Å²) in [5.41, 5.74) is 6.41. The highest BCUT2D eigenvalue weighted by Gasteiger charge is 2.33. The molecular formula is C10H13ClN4O3S. The van der Waals surface area contributed by atoms with Gasteiger partial charge in [-0.2, -0.15) is 0 Å². The van der Waals surface area contributed by atoms with Gasteiger partial charge in [0.25, 0.3) is 0 Å². The Morgan fingerprint density at radius 3 is 2.84 bits per heavy atom. The van der Waals surface area contributed by atoms with Crippen molar-refractivity contribution in [2.45, 2.75) is 6.42 Å². The van der Waals surface area contributed by atoms with Crippen LogP contribution in [-0.4, -0.2) is 31.6 Å². The molecule has 0 aliphatic carbocycles. The Bertz CT molecular complexity index is 619. The third-order valence-electron chi connectivity index (χ3n) is 2.88. The third kappa shape index (κ3) is 3.14. The van der Waals surface area contributed by atoms with E-state index in [0.29, 0.717) is 5.69 Å². The maximum Gasteiger partial charge on any atom is 0.227 e. The molecule has 1 fully saturated rings. The molecule has 0 bridgehead atoms. The first-order valence-corrected chi connectivity index (χ1v) is 7.58. The molecule has 0 radical (unpaired) electrons. The van der Waals surface area contributed by atoms with Gasteiger partial charge in [0.05, 0.1) is 17.1 Å². The van der Waals surface area contributed by atoms with Crippen LogP contribution < -0.4 is 15.8 Å². The number of carbonyl (C=O) groups excluding carboxylic acids is 1. The van der Waals surface area contributed by atoms with E-state index < -0.39 is 10.0 Å². The van der Waals surface area contributed by atoms with Crippen LogP contribution >= 0.6 is 11.6 Å². The van der Waals surface area contributed by atoms with Gasteiger partial charge in [0.2, 0.25) is 15.9 Å². The minimum atomic E-state index is -3.60. The van der Waals surface area contributed by atoms with E-state index in [-0.39, 0.29) is 41.4 Å². The first kappa shape index (κ1) is 14.0. The molecule has 1 aliphatic rings. The summed E-state index contributed by atoms with van der Waals surface area (Å²) in [6.07, 6.45) is 1.56. The molecule has 0 spiro atoms. The number of nitrogen functional groups attached to an aromatic ring is 1. The molecule has 1 aromatic rings. The molecule has 0 saturated carbocycles. The minimum Gasteiger partial charge on any atom is -0.395 e. The quantitative estimate of drug-likeness (QED) is 0.759. The molecule has 1 saturated heterocycles. The van der Waals surface area contributed by atoms with Crippen LogP contribution in [0.15, 0.2) is 12.3 Å². The molecule has 1 aromatic heterocycles. The summed E-state index contributed by atoms with van der Waals surface area (Å²) in [6.45, 7) is 0.250. The number of carbonyl (C=O) groups is 1. The maximum absolute atomic E-state index is 11.9. The van der Waals surface area contributed by atoms with Crippen LogP contribution in [0.25, 0.3) is 0 Å². The van der Waals surface area contributed by atoms with Crippen molar-refractivity contribution in [2.75, 3.05) is 22.9 Å². The van der Waals surface area contributed by atoms with Crippen molar-refractivity contribution < 1.29 is 13.2 Å². The molecule has 19 heavy (non-hydrogen) atoms. The van der Waals surface area contributed by atoms with E-state index in [2.05, 4.69) is 4.98 Å². The van der Waals surface area contributed by atoms with E-state index in [1.54, 1.807) is 6.07 Å². The number of pyridine rings is 1. The zero-order valence-electron chi connectivity index (χ0n) is 9.91. The lowest BCUT2D eigenvalue weighted by Crippen LogP contribution is -2.28. The van der Waals surface area contributed by atoms with Crippen molar-refractivity contribution in [3.63, 3.8) is 0 Å². The fourth-order valence-electron chi connectivity index (χ4n) is 2.13. The molecule has 4 N–H and O–H groups in total. The number of primary sulfonamides is 1. The zero-order valence-corrected chi connectivity index (χ0v) is 11.5. The number of amides is 1. The summed E-state index contributed by atoms with van der Waals surface area (Å²) in [6, 6.07) is 1.57. The number of sulfonamides is 1. The first-order chi connectivity index (χ1) is 8.78. The Kier molecular flexibility index (Phi) is 3.66. The molecule has 2 heterocycles. The van der Waals surface area contributed by atoms with Crippen molar-refractivity contribution in [1.82, 2.24) is 4.98 Å². The van der Waals surface area contributed by atoms with Gasteiger partial charge in [0.1, 0.15) is 0 Å². The van der Waals surface area contributed by atoms with Gasteiger partial charge in [-0.3, -0.25) is 4.79 Å². The number of aromatic nitrogens is 1. The van der Waals surface area contributed by atoms with Crippen LogP contribution in [0.1, 0.15) is 6.42 Å². The predicted octanol–water partition coefficient (Wildman–Crippen LogP) is -0.0414. The second-order valence-electron chi connectivity index (χ2n) is 4.44. The topological polar surface area (TPSA) is 119 Å². The summed E-state index contributed by atoms with van der Waals surface area (Å²) in [7, 11) is -3.60. The van der Waals surface area contributed by atoms with E-state index >= 15 is 0 Å². The molecule has 1 amide bonds. The summed E-state index contributed by atoms with van der Waals surface area (Å²) >= 11 is 5.79. The van der Waals surface area contributed by atoms with Gasteiger partial charge in [0.15, 0.2) is 5.15 Å². The second-order valence-corrected chi connectivity index (χ2v) is 6.46. The SMILES string of the molecule is Nc1c(N2CC(CS(N)(=O)=O)CC2=O)ccnc1Cl. The lowest BCUT2D eigenvalue weighted by atomic mass is 10.1. The Morgan fingerprint density at radius 1 is 1.53 bits per heavy atom. The van der Waals surface area contributed by atoms with Crippen LogP contribution in [0.5, 0.6) is 0 Å². The first-order valence-electron chi connectivity index (χ1n) is 5.49. The number of nitrogens with two attached hydrogens (primary N) is 2. The highest BCUT2D eigenvalue weighted by Crippen LogP contribution is 2.32. The number of rotatable bonds is 3. The van der Waals surface area contributed by atoms with E-state index in [0.717, 1.165) is 0 Å². The van der Waals surface area contributed by atoms with Gasteiger partial charge in [-0.15, -0.1) is 0 Å². The number of anilines is 2. The lowest BCUT2D eigenvalue weighted by Gasteiger charge is -2.18. The van der Waals surface area contributed by atoms with Crippen molar-refractivity contribution >= 4 is 38.9 Å². The zero-order chi connectivity index (χ0) is 14.2. The Morgan fingerprint density at radius 2 is 2.21 bits per heavy atom. The smallest absolute Gasteiger partial charge is 0.227 e. The lowest BCUT2D eigenvalue weighted by molar-refractivity contribution is -0.117. The van der Waals surface area contributed by atoms with Crippen molar-refractivity contribution in [2.24, 2.45) is 11.1 Å². The van der Waals surface area contributed by atoms with E-state index in [1.165, 1.54) is 11.1 Å². The van der Waals surface area contributed by atoms with Gasteiger partial charge in [-0.1, -0.05) is 11.6 Å². The number of halogens is 1. The molecule has 1 atom stereocenters. The Balaban J connectivity index is 2.23. The molecular weight excluding hydrogens is 292 g/mol. The summed E-state index contributed by atoms with van der Waals surface area (Å²) in [4.78, 5) is 17.1. The highest BCUT2D eigenvalue weighted by molar-refractivity contribution is 7.89. The summed E-state index contributed by atoms with van der Waals surface area (Å²) < 4.78 is 22.1. The van der Waals surface area contributed by atoms with Gasteiger partial charge in [-0.05, 0) is 6.07 Å². The predicted molar refractivity (Wildman–Crippen MR) is 72.1 cm³/mol. The maximum atomic E-state index is 11.9. The van der Waals surface area contributed by atoms with Gasteiger partial charge >= 0.3 is 0 Å². The molecule has 0 aromatic carbocycles. The molecule has 9 heteroatoms. The average molecular weight is 305 g/mol. The van der Waals surface area contributed by atoms with E-state index in [1.807, 2.05) is 0 Å². The minimum absolute atomic E-state index is 0.111. The van der Waals surface area contributed by atoms with Crippen molar-refractivity contribution in [1.29, 1.82) is 0 Å². The number of nitrogens with zero attached hydrogens (tertiary/aromatic N) is 2. The normalized spacial score (nSPS) is 20.0. The number of hydrogen-bond donors (Lipinski definition) is 2. The molecule has 7 nitrogen and oxygen atoms in total.